The van der Waals surface area contributed by atoms with Gasteiger partial charge in [-0.3, -0.25) is 4.79 Å². The molecule has 0 unspecified atom stereocenters. The van der Waals surface area contributed by atoms with Gasteiger partial charge in [0, 0.05) is 32.6 Å². The normalized spacial score (nSPS) is 15.6. The Morgan fingerprint density at radius 2 is 1.86 bits per heavy atom. The summed E-state index contributed by atoms with van der Waals surface area (Å²) in [4.78, 5) is 14.0. The molecule has 0 spiro atoms. The molecule has 0 atom stereocenters. The summed E-state index contributed by atoms with van der Waals surface area (Å²) < 4.78 is 46.0. The van der Waals surface area contributed by atoms with E-state index in [2.05, 4.69) is 0 Å². The molecule has 1 amide bonds. The van der Waals surface area contributed by atoms with Crippen LogP contribution in [-0.4, -0.2) is 56.3 Å². The summed E-state index contributed by atoms with van der Waals surface area (Å²) in [5, 5.41) is 0. The number of thiophene rings is 1. The third-order valence-corrected chi connectivity index (χ3v) is 7.96. The first-order chi connectivity index (χ1) is 13.4. The molecule has 1 saturated heterocycles. The first-order valence-corrected chi connectivity index (χ1v) is 11.4. The summed E-state index contributed by atoms with van der Waals surface area (Å²) in [6, 6.07) is 9.17. The fraction of sp³-hybridized carbons (Fsp3) is 0.389. The van der Waals surface area contributed by atoms with Crippen molar-refractivity contribution in [1.82, 2.24) is 9.21 Å². The highest BCUT2D eigenvalue weighted by Gasteiger charge is 2.30. The van der Waals surface area contributed by atoms with Gasteiger partial charge in [0.05, 0.1) is 10.9 Å². The van der Waals surface area contributed by atoms with Gasteiger partial charge in [-0.2, -0.15) is 4.31 Å². The highest BCUT2D eigenvalue weighted by atomic mass is 35.5. The summed E-state index contributed by atoms with van der Waals surface area (Å²) in [7, 11) is -3.57. The number of rotatable bonds is 7. The Hall–Kier alpha value is -1.68. The van der Waals surface area contributed by atoms with Crippen molar-refractivity contribution in [3.8, 4) is 5.75 Å². The molecule has 28 heavy (non-hydrogen) atoms. The molecule has 1 fully saturated rings. The first-order valence-electron chi connectivity index (χ1n) is 8.78. The molecule has 0 bridgehead atoms. The number of amides is 1. The predicted molar refractivity (Wildman–Crippen MR) is 106 cm³/mol. The number of carbonyl (C=O) groups is 1. The van der Waals surface area contributed by atoms with Gasteiger partial charge in [-0.15, -0.1) is 11.3 Å². The number of nitrogens with zero attached hydrogens (tertiary/aromatic N) is 2. The van der Waals surface area contributed by atoms with Crippen molar-refractivity contribution < 1.29 is 22.3 Å². The van der Waals surface area contributed by atoms with Crippen LogP contribution in [-0.2, 0) is 14.8 Å². The largest absolute Gasteiger partial charge is 0.491 e. The van der Waals surface area contributed by atoms with E-state index in [9.17, 15) is 17.6 Å². The van der Waals surface area contributed by atoms with E-state index in [1.807, 2.05) is 0 Å². The van der Waals surface area contributed by atoms with Crippen LogP contribution in [0.2, 0.25) is 4.34 Å². The van der Waals surface area contributed by atoms with Gasteiger partial charge in [-0.25, -0.2) is 12.8 Å². The molecule has 1 aromatic carbocycles. The molecule has 10 heteroatoms. The molecule has 6 nitrogen and oxygen atoms in total. The quantitative estimate of drug-likeness (QED) is 0.612. The third kappa shape index (κ3) is 5.02. The number of ether oxygens (including phenoxy) is 1. The van der Waals surface area contributed by atoms with Crippen LogP contribution in [0.4, 0.5) is 4.39 Å². The van der Waals surface area contributed by atoms with Crippen LogP contribution < -0.4 is 4.74 Å². The molecule has 0 aliphatic carbocycles. The van der Waals surface area contributed by atoms with Crippen molar-refractivity contribution in [2.24, 2.45) is 0 Å². The number of benzene rings is 1. The highest BCUT2D eigenvalue weighted by Crippen LogP contribution is 2.28. The Morgan fingerprint density at radius 1 is 1.14 bits per heavy atom. The molecule has 0 saturated carbocycles. The minimum Gasteiger partial charge on any atom is -0.491 e. The zero-order chi connectivity index (χ0) is 20.1. The second kappa shape index (κ2) is 9.21. The second-order valence-corrected chi connectivity index (χ2v) is 10.1. The van der Waals surface area contributed by atoms with Crippen LogP contribution in [0.3, 0.4) is 0 Å². The van der Waals surface area contributed by atoms with Crippen molar-refractivity contribution in [1.29, 1.82) is 0 Å². The van der Waals surface area contributed by atoms with Gasteiger partial charge in [-0.05, 0) is 30.7 Å². The van der Waals surface area contributed by atoms with Crippen LogP contribution >= 0.6 is 22.9 Å². The van der Waals surface area contributed by atoms with E-state index in [4.69, 9.17) is 16.3 Å². The zero-order valence-electron chi connectivity index (χ0n) is 15.0. The molecular weight excluding hydrogens is 427 g/mol. The van der Waals surface area contributed by atoms with E-state index in [1.165, 1.54) is 22.5 Å². The number of para-hydroxylation sites is 1. The van der Waals surface area contributed by atoms with Gasteiger partial charge < -0.3 is 9.64 Å². The lowest BCUT2D eigenvalue weighted by Gasteiger charge is -2.33. The van der Waals surface area contributed by atoms with Gasteiger partial charge in [0.15, 0.2) is 11.6 Å². The lowest BCUT2D eigenvalue weighted by atomic mass is 10.2. The van der Waals surface area contributed by atoms with Gasteiger partial charge >= 0.3 is 0 Å². The smallest absolute Gasteiger partial charge is 0.252 e. The van der Waals surface area contributed by atoms with E-state index in [0.717, 1.165) is 11.3 Å². The summed E-state index contributed by atoms with van der Waals surface area (Å²) >= 11 is 6.85. The Bertz CT molecular complexity index is 927. The molecule has 1 aliphatic heterocycles. The summed E-state index contributed by atoms with van der Waals surface area (Å²) in [6.07, 6.45) is 0.723. The van der Waals surface area contributed by atoms with Gasteiger partial charge in [0.1, 0.15) is 4.21 Å². The number of sulfonamides is 1. The molecule has 0 N–H and O–H groups in total. The molecule has 1 aliphatic rings. The topological polar surface area (TPSA) is 66.9 Å². The van der Waals surface area contributed by atoms with Crippen LogP contribution in [0.1, 0.15) is 12.8 Å². The fourth-order valence-corrected chi connectivity index (χ4v) is 5.93. The Balaban J connectivity index is 1.43. The Labute approximate surface area is 172 Å². The third-order valence-electron chi connectivity index (χ3n) is 4.36. The zero-order valence-corrected chi connectivity index (χ0v) is 17.4. The van der Waals surface area contributed by atoms with Crippen LogP contribution in [0.25, 0.3) is 0 Å². The monoisotopic (exact) mass is 446 g/mol. The lowest BCUT2D eigenvalue weighted by Crippen LogP contribution is -2.50. The van der Waals surface area contributed by atoms with Crippen LogP contribution in [0.5, 0.6) is 5.75 Å². The first kappa shape index (κ1) is 21.0. The Kier molecular flexibility index (Phi) is 6.92. The number of hydrogen-bond acceptors (Lipinski definition) is 5. The van der Waals surface area contributed by atoms with E-state index in [-0.39, 0.29) is 42.0 Å². The predicted octanol–water partition coefficient (Wildman–Crippen LogP) is 3.23. The second-order valence-electron chi connectivity index (χ2n) is 6.23. The van der Waals surface area contributed by atoms with E-state index in [0.29, 0.717) is 23.8 Å². The number of hydrogen-bond donors (Lipinski definition) is 0. The molecule has 3 rings (SSSR count). The van der Waals surface area contributed by atoms with Crippen molar-refractivity contribution in [2.45, 2.75) is 17.1 Å². The maximum Gasteiger partial charge on any atom is 0.252 e. The maximum absolute atomic E-state index is 13.5. The standard InChI is InChI=1S/C18H20ClFN2O4S2/c19-16-7-8-18(27-16)28(24,25)22-11-9-21(10-12-22)17(23)6-3-13-26-15-5-2-1-4-14(15)20/h1-2,4-5,7-8H,3,6,9-13H2. The molecule has 1 aromatic heterocycles. The maximum atomic E-state index is 13.5. The minimum atomic E-state index is -3.57. The molecule has 2 heterocycles. The number of halogens is 2. The van der Waals surface area contributed by atoms with E-state index in [1.54, 1.807) is 23.1 Å². The summed E-state index contributed by atoms with van der Waals surface area (Å²) in [5.74, 6) is -0.325. The van der Waals surface area contributed by atoms with E-state index >= 15 is 0 Å². The number of carbonyl (C=O) groups excluding carboxylic acids is 1. The average Bonchev–Trinajstić information content (AvgIpc) is 3.14. The SMILES string of the molecule is O=C(CCCOc1ccccc1F)N1CCN(S(=O)(=O)c2ccc(Cl)s2)CC1. The summed E-state index contributed by atoms with van der Waals surface area (Å²) in [6.45, 7) is 1.40. The average molecular weight is 447 g/mol. The lowest BCUT2D eigenvalue weighted by molar-refractivity contribution is -0.132. The molecular formula is C18H20ClFN2O4S2. The van der Waals surface area contributed by atoms with Crippen molar-refractivity contribution in [3.05, 3.63) is 46.6 Å². The fourth-order valence-electron chi connectivity index (χ4n) is 2.87. The van der Waals surface area contributed by atoms with Gasteiger partial charge in [0.2, 0.25) is 5.91 Å². The van der Waals surface area contributed by atoms with Crippen LogP contribution in [0, 0.1) is 5.82 Å². The van der Waals surface area contributed by atoms with Crippen LogP contribution in [0.15, 0.2) is 40.6 Å². The molecule has 0 radical (unpaired) electrons. The molecule has 2 aromatic rings. The van der Waals surface area contributed by atoms with Crippen molar-refractivity contribution in [2.75, 3.05) is 32.8 Å². The summed E-state index contributed by atoms with van der Waals surface area (Å²) in [5.41, 5.74) is 0. The molecule has 152 valence electrons. The Morgan fingerprint density at radius 3 is 2.50 bits per heavy atom. The number of piperazine rings is 1. The highest BCUT2D eigenvalue weighted by molar-refractivity contribution is 7.91. The van der Waals surface area contributed by atoms with E-state index < -0.39 is 15.8 Å². The van der Waals surface area contributed by atoms with Crippen molar-refractivity contribution in [3.63, 3.8) is 0 Å². The minimum absolute atomic E-state index is 0.0617. The van der Waals surface area contributed by atoms with Gasteiger partial charge in [-0.1, -0.05) is 23.7 Å². The van der Waals surface area contributed by atoms with Crippen molar-refractivity contribution >= 4 is 38.9 Å². The van der Waals surface area contributed by atoms with Gasteiger partial charge in [0.25, 0.3) is 10.0 Å².